The Bertz CT molecular complexity index is 1010. The van der Waals surface area contributed by atoms with Gasteiger partial charge in [0.15, 0.2) is 0 Å². The maximum Gasteiger partial charge on any atom is 0.309 e. The fourth-order valence-electron chi connectivity index (χ4n) is 5.64. The second-order valence-electron chi connectivity index (χ2n) is 11.8. The maximum absolute atomic E-state index is 13.3. The molecule has 3 rings (SSSR count). The van der Waals surface area contributed by atoms with Gasteiger partial charge >= 0.3 is 5.97 Å². The van der Waals surface area contributed by atoms with Crippen LogP contribution in [0.3, 0.4) is 0 Å². The highest BCUT2D eigenvalue weighted by atomic mass is 32.1. The van der Waals surface area contributed by atoms with Gasteiger partial charge in [0.25, 0.3) is 0 Å². The van der Waals surface area contributed by atoms with Crippen LogP contribution >= 0.6 is 11.3 Å². The van der Waals surface area contributed by atoms with Gasteiger partial charge in [-0.2, -0.15) is 0 Å². The zero-order chi connectivity index (χ0) is 27.7. The summed E-state index contributed by atoms with van der Waals surface area (Å²) in [6.07, 6.45) is 1.21. The summed E-state index contributed by atoms with van der Waals surface area (Å²) in [6, 6.07) is 0. The first-order valence-electron chi connectivity index (χ1n) is 13.3. The number of nitrogens with zero attached hydrogens (tertiary/aromatic N) is 1. The number of hydrogen-bond acceptors (Lipinski definition) is 9. The topological polar surface area (TPSA) is 135 Å². The van der Waals surface area contributed by atoms with Gasteiger partial charge in [0.2, 0.25) is 0 Å². The van der Waals surface area contributed by atoms with Crippen molar-refractivity contribution in [2.45, 2.75) is 111 Å². The Balaban J connectivity index is 1.91. The fourth-order valence-corrected chi connectivity index (χ4v) is 6.27. The molecule has 2 aliphatic rings. The molecule has 8 atom stereocenters. The van der Waals surface area contributed by atoms with Crippen molar-refractivity contribution >= 4 is 29.2 Å². The minimum absolute atomic E-state index is 0.0857. The number of aliphatic hydroxyl groups excluding tert-OH is 2. The summed E-state index contributed by atoms with van der Waals surface area (Å²) >= 11 is 1.48. The Morgan fingerprint density at radius 3 is 2.54 bits per heavy atom. The summed E-state index contributed by atoms with van der Waals surface area (Å²) < 4.78 is 12.1. The van der Waals surface area contributed by atoms with Crippen molar-refractivity contribution in [1.82, 2.24) is 4.98 Å². The molecule has 2 saturated heterocycles. The Morgan fingerprint density at radius 1 is 1.24 bits per heavy atom. The average Bonchev–Trinajstić information content (AvgIpc) is 3.30. The molecule has 0 aromatic carbocycles. The number of carbonyl (C=O) groups is 2. The molecule has 0 aliphatic carbocycles. The molecule has 0 radical (unpaired) electrons. The number of esters is 1. The molecular formula is C28H44N2O6S. The third kappa shape index (κ3) is 6.68. The van der Waals surface area contributed by atoms with Crippen molar-refractivity contribution in [2.75, 3.05) is 0 Å². The molecule has 1 aromatic heterocycles. The van der Waals surface area contributed by atoms with Gasteiger partial charge in [-0.25, -0.2) is 4.98 Å². The molecule has 0 saturated carbocycles. The number of aliphatic hydroxyl groups is 2. The minimum Gasteiger partial charge on any atom is -0.457 e. The first-order valence-corrected chi connectivity index (χ1v) is 14.2. The van der Waals surface area contributed by atoms with Crippen LogP contribution in [0.2, 0.25) is 0 Å². The van der Waals surface area contributed by atoms with Crippen molar-refractivity contribution in [3.8, 4) is 0 Å². The molecule has 0 unspecified atom stereocenters. The van der Waals surface area contributed by atoms with Gasteiger partial charge in [0, 0.05) is 23.8 Å². The summed E-state index contributed by atoms with van der Waals surface area (Å²) in [6.45, 7) is 13.2. The van der Waals surface area contributed by atoms with Crippen molar-refractivity contribution in [3.63, 3.8) is 0 Å². The van der Waals surface area contributed by atoms with Crippen molar-refractivity contribution in [2.24, 2.45) is 28.9 Å². The molecule has 0 bridgehead atoms. The zero-order valence-corrected chi connectivity index (χ0v) is 24.0. The van der Waals surface area contributed by atoms with E-state index in [2.05, 4.69) is 11.9 Å². The molecule has 2 fully saturated rings. The number of epoxide rings is 1. The molecule has 0 spiro atoms. The standard InChI is InChI=1S/C28H44N2O6S/c1-15-9-8-10-28(7)26(36-28)18(4)24(16(2)11-19-14-37-21(13-29)30-19)35-22(32)12-20(31)27(5,6)25(34)17(3)23(15)33/h11,14-15,17-18,20,23-24,26,31,33H,8-10,12-13,29H2,1-7H3/b16-11+/t15-,17+,18+,20-,23-,24+,26-,28+/m0/s1. The van der Waals surface area contributed by atoms with E-state index >= 15 is 0 Å². The average molecular weight is 537 g/mol. The third-order valence-electron chi connectivity index (χ3n) is 8.39. The van der Waals surface area contributed by atoms with Crippen molar-refractivity contribution in [1.29, 1.82) is 0 Å². The molecule has 9 heteroatoms. The molecular weight excluding hydrogens is 492 g/mol. The number of nitrogens with two attached hydrogens (primary N) is 1. The molecule has 1 aromatic rings. The summed E-state index contributed by atoms with van der Waals surface area (Å²) in [5.74, 6) is -1.75. The van der Waals surface area contributed by atoms with E-state index in [1.807, 2.05) is 32.2 Å². The maximum atomic E-state index is 13.3. The number of carbonyl (C=O) groups excluding carboxylic acids is 2. The van der Waals surface area contributed by atoms with E-state index in [-0.39, 0.29) is 35.7 Å². The van der Waals surface area contributed by atoms with Gasteiger partial charge in [0.05, 0.1) is 41.4 Å². The first kappa shape index (κ1) is 29.9. The van der Waals surface area contributed by atoms with E-state index < -0.39 is 35.6 Å². The van der Waals surface area contributed by atoms with Crippen LogP contribution in [0.15, 0.2) is 11.0 Å². The molecule has 4 N–H and O–H groups in total. The van der Waals surface area contributed by atoms with E-state index in [9.17, 15) is 19.8 Å². The van der Waals surface area contributed by atoms with Crippen LogP contribution < -0.4 is 5.73 Å². The van der Waals surface area contributed by atoms with Crippen LogP contribution in [0.1, 0.15) is 84.9 Å². The van der Waals surface area contributed by atoms with E-state index in [1.54, 1.807) is 20.8 Å². The van der Waals surface area contributed by atoms with Gasteiger partial charge in [-0.05, 0) is 44.3 Å². The summed E-state index contributed by atoms with van der Waals surface area (Å²) in [7, 11) is 0. The number of rotatable bonds is 3. The van der Waals surface area contributed by atoms with E-state index in [1.165, 1.54) is 11.3 Å². The highest BCUT2D eigenvalue weighted by Gasteiger charge is 2.56. The second-order valence-corrected chi connectivity index (χ2v) is 12.8. The number of ether oxygens (including phenoxy) is 2. The van der Waals surface area contributed by atoms with E-state index in [0.29, 0.717) is 6.54 Å². The lowest BCUT2D eigenvalue weighted by atomic mass is 9.73. The lowest BCUT2D eigenvalue weighted by Gasteiger charge is -2.35. The SMILES string of the molecule is C/C(=C\c1csc(CN)n1)[C@H]1OC(=O)C[C@H](O)C(C)(C)C(=O)[C@H](C)[C@@H](O)[C@@H](C)CCC[C@@]2(C)O[C@H]2[C@@H]1C. The highest BCUT2D eigenvalue weighted by Crippen LogP contribution is 2.47. The number of Topliss-reactive ketones (excluding diaryl/α,β-unsaturated/α-hetero) is 1. The van der Waals surface area contributed by atoms with Gasteiger partial charge in [0.1, 0.15) is 16.9 Å². The normalized spacial score (nSPS) is 38.1. The van der Waals surface area contributed by atoms with Crippen LogP contribution in [0, 0.1) is 23.2 Å². The number of aromatic nitrogens is 1. The quantitative estimate of drug-likeness (QED) is 0.391. The third-order valence-corrected chi connectivity index (χ3v) is 9.28. The molecule has 208 valence electrons. The summed E-state index contributed by atoms with van der Waals surface area (Å²) in [5.41, 5.74) is 5.72. The molecule has 0 amide bonds. The van der Waals surface area contributed by atoms with Crippen LogP contribution in [0.25, 0.3) is 6.08 Å². The Kier molecular flexibility index (Phi) is 9.39. The Morgan fingerprint density at radius 2 is 1.92 bits per heavy atom. The number of ketones is 1. The summed E-state index contributed by atoms with van der Waals surface area (Å²) in [5, 5.41) is 24.6. The van der Waals surface area contributed by atoms with Crippen LogP contribution in [0.5, 0.6) is 0 Å². The minimum atomic E-state index is -1.25. The zero-order valence-electron chi connectivity index (χ0n) is 23.2. The van der Waals surface area contributed by atoms with Crippen LogP contribution in [0.4, 0.5) is 0 Å². The fraction of sp³-hybridized carbons (Fsp3) is 0.750. The van der Waals surface area contributed by atoms with Crippen molar-refractivity contribution < 1.29 is 29.3 Å². The van der Waals surface area contributed by atoms with Gasteiger partial charge in [-0.1, -0.05) is 41.0 Å². The van der Waals surface area contributed by atoms with Crippen molar-refractivity contribution in [3.05, 3.63) is 21.7 Å². The predicted molar refractivity (Wildman–Crippen MR) is 144 cm³/mol. The Labute approximate surface area is 224 Å². The van der Waals surface area contributed by atoms with Crippen LogP contribution in [-0.2, 0) is 25.6 Å². The van der Waals surface area contributed by atoms with E-state index in [0.717, 1.165) is 35.5 Å². The lowest BCUT2D eigenvalue weighted by Crippen LogP contribution is -2.46. The first-order chi connectivity index (χ1) is 17.2. The summed E-state index contributed by atoms with van der Waals surface area (Å²) in [4.78, 5) is 30.9. The number of hydrogen-bond donors (Lipinski definition) is 3. The van der Waals surface area contributed by atoms with E-state index in [4.69, 9.17) is 15.2 Å². The molecule has 8 nitrogen and oxygen atoms in total. The van der Waals surface area contributed by atoms with Gasteiger partial charge in [-0.3, -0.25) is 9.59 Å². The second kappa shape index (κ2) is 11.6. The number of thiazole rings is 1. The monoisotopic (exact) mass is 536 g/mol. The van der Waals surface area contributed by atoms with Gasteiger partial charge < -0.3 is 25.4 Å². The molecule has 3 heterocycles. The smallest absolute Gasteiger partial charge is 0.309 e. The lowest BCUT2D eigenvalue weighted by molar-refractivity contribution is -0.156. The number of cyclic esters (lactones) is 1. The molecule has 37 heavy (non-hydrogen) atoms. The Hall–Kier alpha value is -1.65. The number of fused-ring (bicyclic) bond motifs is 1. The largest absolute Gasteiger partial charge is 0.457 e. The predicted octanol–water partition coefficient (Wildman–Crippen LogP) is 3.87. The molecule has 2 aliphatic heterocycles. The van der Waals surface area contributed by atoms with Gasteiger partial charge in [-0.15, -0.1) is 11.3 Å². The van der Waals surface area contributed by atoms with Crippen LogP contribution in [-0.4, -0.2) is 57.0 Å². The highest BCUT2D eigenvalue weighted by molar-refractivity contribution is 7.09.